The van der Waals surface area contributed by atoms with Crippen LogP contribution in [-0.2, 0) is 4.79 Å². The van der Waals surface area contributed by atoms with Crippen LogP contribution in [0.3, 0.4) is 0 Å². The van der Waals surface area contributed by atoms with Gasteiger partial charge in [0, 0.05) is 18.6 Å². The second-order valence-corrected chi connectivity index (χ2v) is 6.26. The molecule has 0 radical (unpaired) electrons. The predicted octanol–water partition coefficient (Wildman–Crippen LogP) is 1.70. The van der Waals surface area contributed by atoms with Gasteiger partial charge in [-0.2, -0.15) is 0 Å². The Bertz CT molecular complexity index is 321. The Morgan fingerprint density at radius 3 is 2.61 bits per heavy atom. The molecule has 2 N–H and O–H groups in total. The lowest BCUT2D eigenvalue weighted by Crippen LogP contribution is -2.51. The van der Waals surface area contributed by atoms with E-state index in [1.807, 2.05) is 0 Å². The van der Waals surface area contributed by atoms with E-state index in [9.17, 15) is 9.90 Å². The maximum absolute atomic E-state index is 11.4. The molecule has 1 aliphatic carbocycles. The summed E-state index contributed by atoms with van der Waals surface area (Å²) in [5, 5.41) is 12.5. The van der Waals surface area contributed by atoms with E-state index in [0.717, 1.165) is 31.7 Å². The lowest BCUT2D eigenvalue weighted by atomic mass is 9.92. The Labute approximate surface area is 110 Å². The second-order valence-electron chi connectivity index (χ2n) is 6.26. The quantitative estimate of drug-likeness (QED) is 0.805. The molecular weight excluding hydrogens is 228 g/mol. The molecule has 18 heavy (non-hydrogen) atoms. The van der Waals surface area contributed by atoms with Crippen LogP contribution in [0.2, 0.25) is 0 Å². The zero-order valence-electron chi connectivity index (χ0n) is 11.8. The largest absolute Gasteiger partial charge is 0.480 e. The highest BCUT2D eigenvalue weighted by Gasteiger charge is 2.47. The third-order valence-electron chi connectivity index (χ3n) is 5.01. The van der Waals surface area contributed by atoms with Crippen LogP contribution in [0.4, 0.5) is 0 Å². The zero-order valence-corrected chi connectivity index (χ0v) is 11.8. The van der Waals surface area contributed by atoms with Gasteiger partial charge in [-0.1, -0.05) is 6.92 Å². The van der Waals surface area contributed by atoms with Gasteiger partial charge in [0.1, 0.15) is 5.54 Å². The minimum Gasteiger partial charge on any atom is -0.480 e. The lowest BCUT2D eigenvalue weighted by Gasteiger charge is -2.41. The Morgan fingerprint density at radius 2 is 2.06 bits per heavy atom. The van der Waals surface area contributed by atoms with Crippen LogP contribution in [0.5, 0.6) is 0 Å². The van der Waals surface area contributed by atoms with E-state index < -0.39 is 11.5 Å². The van der Waals surface area contributed by atoms with E-state index in [0.29, 0.717) is 12.1 Å². The van der Waals surface area contributed by atoms with E-state index in [2.05, 4.69) is 24.1 Å². The molecule has 4 atom stereocenters. The van der Waals surface area contributed by atoms with Crippen molar-refractivity contribution >= 4 is 5.97 Å². The van der Waals surface area contributed by atoms with Crippen molar-refractivity contribution in [1.82, 2.24) is 10.2 Å². The first-order valence-corrected chi connectivity index (χ1v) is 7.16. The molecule has 4 nitrogen and oxygen atoms in total. The molecule has 0 bridgehead atoms. The highest BCUT2D eigenvalue weighted by atomic mass is 16.4. The van der Waals surface area contributed by atoms with Crippen LogP contribution in [0, 0.1) is 5.92 Å². The third-order valence-corrected chi connectivity index (χ3v) is 5.01. The van der Waals surface area contributed by atoms with Crippen molar-refractivity contribution in [2.75, 3.05) is 13.6 Å². The summed E-state index contributed by atoms with van der Waals surface area (Å²) in [5.74, 6) is 0.0563. The number of hydrogen-bond donors (Lipinski definition) is 2. The van der Waals surface area contributed by atoms with Gasteiger partial charge in [0.25, 0.3) is 0 Å². The predicted molar refractivity (Wildman–Crippen MR) is 71.6 cm³/mol. The van der Waals surface area contributed by atoms with Crippen LogP contribution in [0.25, 0.3) is 0 Å². The third kappa shape index (κ3) is 2.41. The van der Waals surface area contributed by atoms with Gasteiger partial charge < -0.3 is 10.4 Å². The number of nitrogens with zero attached hydrogens (tertiary/aromatic N) is 1. The Hall–Kier alpha value is -0.610. The van der Waals surface area contributed by atoms with Gasteiger partial charge in [-0.3, -0.25) is 9.69 Å². The molecule has 2 fully saturated rings. The molecular formula is C14H26N2O2. The molecule has 2 rings (SSSR count). The fraction of sp³-hybridized carbons (Fsp3) is 0.929. The molecule has 0 aromatic rings. The molecule has 1 saturated heterocycles. The van der Waals surface area contributed by atoms with Crippen molar-refractivity contribution in [3.63, 3.8) is 0 Å². The number of nitrogens with one attached hydrogen (secondary N) is 1. The van der Waals surface area contributed by atoms with Gasteiger partial charge in [-0.25, -0.2) is 0 Å². The zero-order chi connectivity index (χ0) is 13.3. The molecule has 1 aliphatic heterocycles. The van der Waals surface area contributed by atoms with Crippen LogP contribution in [0.1, 0.15) is 46.0 Å². The second kappa shape index (κ2) is 5.17. The Kier molecular flexibility index (Phi) is 3.97. The number of carboxylic acid groups (broad SMARTS) is 1. The molecule has 1 heterocycles. The lowest BCUT2D eigenvalue weighted by molar-refractivity contribution is -0.144. The number of hydrogen-bond acceptors (Lipinski definition) is 3. The molecule has 4 heteroatoms. The number of rotatable bonds is 3. The fourth-order valence-electron chi connectivity index (χ4n) is 3.66. The average molecular weight is 254 g/mol. The van der Waals surface area contributed by atoms with Crippen LogP contribution < -0.4 is 5.32 Å². The smallest absolute Gasteiger partial charge is 0.323 e. The number of likely N-dealkylation sites (tertiary alicyclic amines) is 1. The van der Waals surface area contributed by atoms with Crippen molar-refractivity contribution in [3.8, 4) is 0 Å². The maximum atomic E-state index is 11.4. The maximum Gasteiger partial charge on any atom is 0.323 e. The molecule has 0 spiro atoms. The van der Waals surface area contributed by atoms with Crippen molar-refractivity contribution in [2.45, 2.75) is 63.6 Å². The monoisotopic (exact) mass is 254 g/mol. The average Bonchev–Trinajstić information content (AvgIpc) is 2.78. The van der Waals surface area contributed by atoms with Gasteiger partial charge in [-0.05, 0) is 52.0 Å². The highest BCUT2D eigenvalue weighted by molar-refractivity contribution is 5.79. The molecule has 2 aliphatic rings. The molecule has 0 aromatic carbocycles. The molecule has 4 unspecified atom stereocenters. The van der Waals surface area contributed by atoms with Gasteiger partial charge in [-0.15, -0.1) is 0 Å². The normalized spacial score (nSPS) is 42.1. The van der Waals surface area contributed by atoms with Crippen LogP contribution >= 0.6 is 0 Å². The molecule has 0 amide bonds. The first-order valence-electron chi connectivity index (χ1n) is 7.16. The summed E-state index contributed by atoms with van der Waals surface area (Å²) in [5.41, 5.74) is -0.689. The van der Waals surface area contributed by atoms with Crippen molar-refractivity contribution in [2.24, 2.45) is 5.92 Å². The summed E-state index contributed by atoms with van der Waals surface area (Å²) in [4.78, 5) is 14.0. The molecule has 1 saturated carbocycles. The summed E-state index contributed by atoms with van der Waals surface area (Å²) in [6.07, 6.45) is 5.05. The summed E-state index contributed by atoms with van der Waals surface area (Å²) in [6, 6.07) is 1.04. The molecule has 0 aromatic heterocycles. The number of carbonyl (C=O) groups is 1. The minimum atomic E-state index is -0.690. The van der Waals surface area contributed by atoms with E-state index in [4.69, 9.17) is 0 Å². The van der Waals surface area contributed by atoms with Crippen LogP contribution in [-0.4, -0.2) is 47.2 Å². The van der Waals surface area contributed by atoms with E-state index >= 15 is 0 Å². The van der Waals surface area contributed by atoms with Gasteiger partial charge in [0.2, 0.25) is 0 Å². The first-order chi connectivity index (χ1) is 8.48. The van der Waals surface area contributed by atoms with E-state index in [-0.39, 0.29) is 0 Å². The Morgan fingerprint density at radius 1 is 1.33 bits per heavy atom. The topological polar surface area (TPSA) is 52.6 Å². The standard InChI is InChI=1S/C14H26N2O2/c1-10-4-5-11(2)16(9-10)12-6-7-14(8-12,15-3)13(17)18/h10-12,15H,4-9H2,1-3H3,(H,17,18). The first kappa shape index (κ1) is 13.8. The van der Waals surface area contributed by atoms with Crippen molar-refractivity contribution < 1.29 is 9.90 Å². The van der Waals surface area contributed by atoms with Crippen molar-refractivity contribution in [1.29, 1.82) is 0 Å². The number of aliphatic carboxylic acids is 1. The summed E-state index contributed by atoms with van der Waals surface area (Å²) in [7, 11) is 1.78. The van der Waals surface area contributed by atoms with Crippen molar-refractivity contribution in [3.05, 3.63) is 0 Å². The SMILES string of the molecule is CNC1(C(=O)O)CCC(N2CC(C)CCC2C)C1. The fourth-order valence-corrected chi connectivity index (χ4v) is 3.66. The summed E-state index contributed by atoms with van der Waals surface area (Å²) >= 11 is 0. The Balaban J connectivity index is 2.05. The summed E-state index contributed by atoms with van der Waals surface area (Å²) < 4.78 is 0. The minimum absolute atomic E-state index is 0.436. The van der Waals surface area contributed by atoms with Gasteiger partial charge in [0.05, 0.1) is 0 Å². The van der Waals surface area contributed by atoms with E-state index in [1.54, 1.807) is 7.05 Å². The van der Waals surface area contributed by atoms with Crippen LogP contribution in [0.15, 0.2) is 0 Å². The molecule has 104 valence electrons. The van der Waals surface area contributed by atoms with E-state index in [1.165, 1.54) is 12.8 Å². The highest BCUT2D eigenvalue weighted by Crippen LogP contribution is 2.36. The van der Waals surface area contributed by atoms with Gasteiger partial charge >= 0.3 is 5.97 Å². The number of piperidine rings is 1. The number of carboxylic acids is 1. The summed E-state index contributed by atoms with van der Waals surface area (Å²) in [6.45, 7) is 5.72. The number of likely N-dealkylation sites (N-methyl/N-ethyl adjacent to an activating group) is 1. The van der Waals surface area contributed by atoms with Gasteiger partial charge in [0.15, 0.2) is 0 Å².